The van der Waals surface area contributed by atoms with Crippen molar-refractivity contribution in [1.82, 2.24) is 5.32 Å². The van der Waals surface area contributed by atoms with Crippen molar-refractivity contribution in [3.05, 3.63) is 12.2 Å². The molecule has 0 aromatic carbocycles. The van der Waals surface area contributed by atoms with Crippen molar-refractivity contribution < 1.29 is 18.1 Å². The summed E-state index contributed by atoms with van der Waals surface area (Å²) in [5.74, 6) is 0.0579. The van der Waals surface area contributed by atoms with Gasteiger partial charge >= 0.3 is 8.80 Å². The minimum absolute atomic E-state index is 0. The van der Waals surface area contributed by atoms with Crippen LogP contribution in [0.4, 0.5) is 0 Å². The lowest BCUT2D eigenvalue weighted by atomic mass is 10.1. The monoisotopic (exact) mass is 479 g/mol. The predicted molar refractivity (Wildman–Crippen MR) is 136 cm³/mol. The molecule has 0 aromatic heterocycles. The molecule has 0 fully saturated rings. The van der Waals surface area contributed by atoms with Crippen molar-refractivity contribution >= 4 is 27.1 Å². The zero-order valence-electron chi connectivity index (χ0n) is 20.9. The normalized spacial score (nSPS) is 12.7. The van der Waals surface area contributed by atoms with Crippen molar-refractivity contribution in [2.45, 2.75) is 116 Å². The van der Waals surface area contributed by atoms with E-state index in [1.165, 1.54) is 70.6 Å². The predicted octanol–water partition coefficient (Wildman–Crippen LogP) is 6.76. The fourth-order valence-corrected chi connectivity index (χ4v) is 5.93. The number of nitrogens with one attached hydrogen (secondary N) is 1. The molecular formula is C24H50ClNO4Si. The Morgan fingerprint density at radius 3 is 1.68 bits per heavy atom. The third-order valence-electron chi connectivity index (χ3n) is 5.69. The first-order valence-electron chi connectivity index (χ1n) is 12.2. The molecule has 1 unspecified atom stereocenters. The molecular weight excluding hydrogens is 430 g/mol. The molecule has 0 aliphatic carbocycles. The Hall–Kier alpha value is -0.403. The molecule has 0 bridgehead atoms. The number of unbranched alkanes of at least 4 members (excludes halogenated alkanes) is 11. The standard InChI is InChI=1S/C24H49NO4Si.ClH/c1-6-8-9-10-11-12-13-14-15-16-17-18-19-20-21-22-23(26)25-24(7-2)30(27-3,28-4)29-5;/h14-15,24H,6-13,16-22H2,1-5H3,(H,25,26);1H. The zero-order chi connectivity index (χ0) is 22.5. The highest BCUT2D eigenvalue weighted by atomic mass is 35.5. The average Bonchev–Trinajstić information content (AvgIpc) is 2.77. The number of carbonyl (C=O) groups excluding carboxylic acids is 1. The summed E-state index contributed by atoms with van der Waals surface area (Å²) in [7, 11) is 1.91. The minimum Gasteiger partial charge on any atom is -0.376 e. The van der Waals surface area contributed by atoms with Crippen LogP contribution in [-0.2, 0) is 18.1 Å². The van der Waals surface area contributed by atoms with E-state index >= 15 is 0 Å². The topological polar surface area (TPSA) is 56.8 Å². The highest BCUT2D eigenvalue weighted by Gasteiger charge is 2.47. The smallest absolute Gasteiger partial charge is 0.376 e. The van der Waals surface area contributed by atoms with E-state index in [1.54, 1.807) is 21.3 Å². The fraction of sp³-hybridized carbons (Fsp3) is 0.875. The summed E-state index contributed by atoms with van der Waals surface area (Å²) < 4.78 is 16.5. The largest absolute Gasteiger partial charge is 0.523 e. The van der Waals surface area contributed by atoms with Crippen LogP contribution >= 0.6 is 12.4 Å². The van der Waals surface area contributed by atoms with E-state index in [1.807, 2.05) is 6.92 Å². The summed E-state index contributed by atoms with van der Waals surface area (Å²) in [4.78, 5) is 12.3. The first-order valence-corrected chi connectivity index (χ1v) is 14.0. The Balaban J connectivity index is 0. The molecule has 31 heavy (non-hydrogen) atoms. The molecule has 186 valence electrons. The quantitative estimate of drug-likeness (QED) is 0.112. The second-order valence-electron chi connectivity index (χ2n) is 8.08. The summed E-state index contributed by atoms with van der Waals surface area (Å²) in [6.07, 6.45) is 22.3. The molecule has 1 N–H and O–H groups in total. The lowest BCUT2D eigenvalue weighted by molar-refractivity contribution is -0.122. The highest BCUT2D eigenvalue weighted by Crippen LogP contribution is 2.15. The fourth-order valence-electron chi connectivity index (χ4n) is 3.74. The van der Waals surface area contributed by atoms with E-state index < -0.39 is 8.80 Å². The number of rotatable bonds is 21. The van der Waals surface area contributed by atoms with E-state index in [4.69, 9.17) is 13.3 Å². The average molecular weight is 480 g/mol. The summed E-state index contributed by atoms with van der Waals surface area (Å²) in [5, 5.41) is 3.05. The maximum Gasteiger partial charge on any atom is 0.523 e. The Morgan fingerprint density at radius 1 is 0.774 bits per heavy atom. The van der Waals surface area contributed by atoms with Gasteiger partial charge in [-0.15, -0.1) is 12.4 Å². The van der Waals surface area contributed by atoms with Gasteiger partial charge in [0.25, 0.3) is 0 Å². The van der Waals surface area contributed by atoms with Crippen LogP contribution in [0, 0.1) is 0 Å². The summed E-state index contributed by atoms with van der Waals surface area (Å²) in [5.41, 5.74) is -0.201. The SMILES string of the molecule is CCCCCCCCC=CCCCCCCCC(=O)NC(CC)[Si](OC)(OC)OC.Cl. The first kappa shape index (κ1) is 32.8. The van der Waals surface area contributed by atoms with E-state index in [0.717, 1.165) is 19.3 Å². The molecule has 0 aliphatic rings. The van der Waals surface area contributed by atoms with Gasteiger partial charge in [0.15, 0.2) is 0 Å². The summed E-state index contributed by atoms with van der Waals surface area (Å²) in [6, 6.07) is 0. The van der Waals surface area contributed by atoms with Crippen LogP contribution in [0.1, 0.15) is 110 Å². The van der Waals surface area contributed by atoms with Crippen LogP contribution in [0.15, 0.2) is 12.2 Å². The lowest BCUT2D eigenvalue weighted by Crippen LogP contribution is -2.61. The Bertz CT molecular complexity index is 426. The van der Waals surface area contributed by atoms with Crippen LogP contribution in [0.3, 0.4) is 0 Å². The zero-order valence-corrected chi connectivity index (χ0v) is 22.7. The van der Waals surface area contributed by atoms with Gasteiger partial charge < -0.3 is 18.6 Å². The van der Waals surface area contributed by atoms with Gasteiger partial charge in [0.2, 0.25) is 5.91 Å². The summed E-state index contributed by atoms with van der Waals surface area (Å²) in [6.45, 7) is 4.27. The maximum absolute atomic E-state index is 12.3. The van der Waals surface area contributed by atoms with Crippen molar-refractivity contribution in [3.8, 4) is 0 Å². The van der Waals surface area contributed by atoms with E-state index in [2.05, 4.69) is 24.4 Å². The van der Waals surface area contributed by atoms with Crippen molar-refractivity contribution in [1.29, 1.82) is 0 Å². The van der Waals surface area contributed by atoms with Gasteiger partial charge in [0, 0.05) is 27.8 Å². The van der Waals surface area contributed by atoms with Crippen molar-refractivity contribution in [2.75, 3.05) is 21.3 Å². The molecule has 0 saturated heterocycles. The van der Waals surface area contributed by atoms with Crippen LogP contribution in [0.2, 0.25) is 0 Å². The maximum atomic E-state index is 12.3. The minimum atomic E-state index is -2.84. The molecule has 7 heteroatoms. The number of carbonyl (C=O) groups is 1. The van der Waals surface area contributed by atoms with Gasteiger partial charge in [-0.25, -0.2) is 0 Å². The van der Waals surface area contributed by atoms with Gasteiger partial charge in [-0.05, 0) is 38.5 Å². The van der Waals surface area contributed by atoms with Crippen molar-refractivity contribution in [3.63, 3.8) is 0 Å². The Kier molecular flexibility index (Phi) is 24.1. The van der Waals surface area contributed by atoms with Crippen LogP contribution < -0.4 is 5.32 Å². The molecule has 0 radical (unpaired) electrons. The molecule has 0 aromatic rings. The second kappa shape index (κ2) is 22.8. The Morgan fingerprint density at radius 2 is 1.23 bits per heavy atom. The third-order valence-corrected chi connectivity index (χ3v) is 8.80. The summed E-state index contributed by atoms with van der Waals surface area (Å²) >= 11 is 0. The van der Waals surface area contributed by atoms with Crippen LogP contribution in [-0.4, -0.2) is 41.7 Å². The van der Waals surface area contributed by atoms with Gasteiger partial charge in [0.1, 0.15) is 0 Å². The van der Waals surface area contributed by atoms with Crippen LogP contribution in [0.5, 0.6) is 0 Å². The molecule has 5 nitrogen and oxygen atoms in total. The lowest BCUT2D eigenvalue weighted by Gasteiger charge is -2.32. The molecule has 0 heterocycles. The van der Waals surface area contributed by atoms with Crippen molar-refractivity contribution in [2.24, 2.45) is 0 Å². The van der Waals surface area contributed by atoms with Gasteiger partial charge in [0.05, 0.1) is 5.67 Å². The number of amides is 1. The van der Waals surface area contributed by atoms with Gasteiger partial charge in [-0.3, -0.25) is 4.79 Å². The van der Waals surface area contributed by atoms with E-state index in [-0.39, 0.29) is 24.0 Å². The van der Waals surface area contributed by atoms with Crippen LogP contribution in [0.25, 0.3) is 0 Å². The molecule has 0 saturated carbocycles. The van der Waals surface area contributed by atoms with Gasteiger partial charge in [-0.1, -0.05) is 77.4 Å². The second-order valence-corrected chi connectivity index (χ2v) is 11.2. The molecule has 1 amide bonds. The number of halogens is 1. The molecule has 0 aliphatic heterocycles. The number of hydrogen-bond acceptors (Lipinski definition) is 4. The molecule has 1 atom stereocenters. The number of allylic oxidation sites excluding steroid dienone is 2. The molecule has 0 rings (SSSR count). The third kappa shape index (κ3) is 15.9. The first-order chi connectivity index (χ1) is 14.6. The number of hydrogen-bond donors (Lipinski definition) is 1. The van der Waals surface area contributed by atoms with E-state index in [0.29, 0.717) is 6.42 Å². The highest BCUT2D eigenvalue weighted by molar-refractivity contribution is 6.62. The Labute approximate surface area is 199 Å². The van der Waals surface area contributed by atoms with Gasteiger partial charge in [-0.2, -0.15) is 0 Å². The molecule has 0 spiro atoms. The van der Waals surface area contributed by atoms with E-state index in [9.17, 15) is 4.79 Å².